The van der Waals surface area contributed by atoms with Gasteiger partial charge in [0.15, 0.2) is 10.9 Å². The van der Waals surface area contributed by atoms with Crippen molar-refractivity contribution in [3.63, 3.8) is 0 Å². The Morgan fingerprint density at radius 1 is 1.00 bits per heavy atom. The first kappa shape index (κ1) is 22.2. The first-order valence-corrected chi connectivity index (χ1v) is 10.5. The molecule has 0 radical (unpaired) electrons. The number of anilines is 2. The van der Waals surface area contributed by atoms with E-state index < -0.39 is 12.5 Å². The Bertz CT molecular complexity index is 1250. The molecular formula is C23H17F2N3O4S. The molecule has 10 heteroatoms. The average Bonchev–Trinajstić information content (AvgIpc) is 3.44. The summed E-state index contributed by atoms with van der Waals surface area (Å²) in [6, 6.07) is 15.7. The van der Waals surface area contributed by atoms with Crippen molar-refractivity contribution in [3.8, 4) is 17.0 Å². The number of nitrogens with zero attached hydrogens (tertiary/aromatic N) is 1. The standard InChI is InChI=1S/C23H17F2N3O4S/c1-13-19(14-6-10-17(11-7-14)32-22(24)25)27-23(33-13)28-20(29)15-4-8-16(9-5-15)26-21(30)18-3-2-12-31-18/h2-12,22H,1H3,(H,26,30)(H,27,28,29). The highest BCUT2D eigenvalue weighted by molar-refractivity contribution is 7.16. The molecular weight excluding hydrogens is 452 g/mol. The van der Waals surface area contributed by atoms with Crippen LogP contribution < -0.4 is 15.4 Å². The molecule has 0 fully saturated rings. The van der Waals surface area contributed by atoms with Gasteiger partial charge in [0.2, 0.25) is 0 Å². The van der Waals surface area contributed by atoms with Gasteiger partial charge in [-0.15, -0.1) is 11.3 Å². The SMILES string of the molecule is Cc1sc(NC(=O)c2ccc(NC(=O)c3ccco3)cc2)nc1-c1ccc(OC(F)F)cc1. The van der Waals surface area contributed by atoms with Crippen molar-refractivity contribution in [1.82, 2.24) is 4.98 Å². The summed E-state index contributed by atoms with van der Waals surface area (Å²) in [6.45, 7) is -1.04. The fraction of sp³-hybridized carbons (Fsp3) is 0.0870. The Labute approximate surface area is 191 Å². The molecule has 2 aromatic carbocycles. The summed E-state index contributed by atoms with van der Waals surface area (Å²) in [7, 11) is 0. The number of thiazole rings is 1. The fourth-order valence-corrected chi connectivity index (χ4v) is 3.82. The predicted octanol–water partition coefficient (Wildman–Crippen LogP) is 5.82. The van der Waals surface area contributed by atoms with Crippen LogP contribution in [0.3, 0.4) is 0 Å². The third kappa shape index (κ3) is 5.42. The molecule has 0 saturated carbocycles. The van der Waals surface area contributed by atoms with Gasteiger partial charge in [-0.1, -0.05) is 0 Å². The average molecular weight is 469 g/mol. The van der Waals surface area contributed by atoms with Crippen molar-refractivity contribution in [2.45, 2.75) is 13.5 Å². The smallest absolute Gasteiger partial charge is 0.387 e. The number of hydrogen-bond donors (Lipinski definition) is 2. The lowest BCUT2D eigenvalue weighted by atomic mass is 10.1. The van der Waals surface area contributed by atoms with Crippen LogP contribution in [-0.4, -0.2) is 23.4 Å². The first-order chi connectivity index (χ1) is 15.9. The molecule has 0 saturated heterocycles. The Balaban J connectivity index is 1.41. The van der Waals surface area contributed by atoms with E-state index >= 15 is 0 Å². The number of furan rings is 1. The minimum Gasteiger partial charge on any atom is -0.459 e. The second-order valence-corrected chi connectivity index (χ2v) is 7.99. The number of alkyl halides is 2. The molecule has 0 aliphatic carbocycles. The van der Waals surface area contributed by atoms with E-state index in [-0.39, 0.29) is 17.4 Å². The highest BCUT2D eigenvalue weighted by atomic mass is 32.1. The summed E-state index contributed by atoms with van der Waals surface area (Å²) >= 11 is 1.30. The molecule has 0 aliphatic rings. The fourth-order valence-electron chi connectivity index (χ4n) is 2.99. The highest BCUT2D eigenvalue weighted by Gasteiger charge is 2.15. The van der Waals surface area contributed by atoms with Crippen LogP contribution in [0.5, 0.6) is 5.75 Å². The van der Waals surface area contributed by atoms with Crippen LogP contribution in [0.25, 0.3) is 11.3 Å². The number of rotatable bonds is 7. The molecule has 2 N–H and O–H groups in total. The monoisotopic (exact) mass is 469 g/mol. The molecule has 0 atom stereocenters. The molecule has 33 heavy (non-hydrogen) atoms. The van der Waals surface area contributed by atoms with Gasteiger partial charge in [0.05, 0.1) is 12.0 Å². The molecule has 7 nitrogen and oxygen atoms in total. The summed E-state index contributed by atoms with van der Waals surface area (Å²) in [5, 5.41) is 5.83. The van der Waals surface area contributed by atoms with Crippen molar-refractivity contribution >= 4 is 34.0 Å². The number of aromatic nitrogens is 1. The largest absolute Gasteiger partial charge is 0.459 e. The summed E-state index contributed by atoms with van der Waals surface area (Å²) in [5.74, 6) is -0.515. The van der Waals surface area contributed by atoms with Gasteiger partial charge < -0.3 is 14.5 Å². The summed E-state index contributed by atoms with van der Waals surface area (Å²) in [5.41, 5.74) is 2.24. The van der Waals surface area contributed by atoms with Gasteiger partial charge in [0.1, 0.15) is 5.75 Å². The number of hydrogen-bond acceptors (Lipinski definition) is 6. The molecule has 0 bridgehead atoms. The number of nitrogens with one attached hydrogen (secondary N) is 2. The Kier molecular flexibility index (Phi) is 6.45. The zero-order valence-electron chi connectivity index (χ0n) is 17.2. The second kappa shape index (κ2) is 9.61. The number of halogens is 2. The van der Waals surface area contributed by atoms with E-state index in [4.69, 9.17) is 4.42 Å². The Hall–Kier alpha value is -4.05. The number of ether oxygens (including phenoxy) is 1. The lowest BCUT2D eigenvalue weighted by Gasteiger charge is -2.06. The van der Waals surface area contributed by atoms with Crippen molar-refractivity contribution < 1.29 is 27.5 Å². The van der Waals surface area contributed by atoms with Gasteiger partial charge in [0.25, 0.3) is 11.8 Å². The van der Waals surface area contributed by atoms with E-state index in [1.165, 1.54) is 29.7 Å². The third-order valence-corrected chi connectivity index (χ3v) is 5.41. The van der Waals surface area contributed by atoms with E-state index in [2.05, 4.69) is 20.4 Å². The molecule has 2 amide bonds. The van der Waals surface area contributed by atoms with Gasteiger partial charge in [-0.2, -0.15) is 8.78 Å². The molecule has 2 heterocycles. The normalized spacial score (nSPS) is 10.8. The zero-order valence-corrected chi connectivity index (χ0v) is 18.0. The molecule has 0 unspecified atom stereocenters. The van der Waals surface area contributed by atoms with Gasteiger partial charge in [0, 0.05) is 21.7 Å². The summed E-state index contributed by atoms with van der Waals surface area (Å²) < 4.78 is 34.0. The number of aryl methyl sites for hydroxylation is 1. The Morgan fingerprint density at radius 3 is 2.36 bits per heavy atom. The van der Waals surface area contributed by atoms with Crippen LogP contribution in [-0.2, 0) is 0 Å². The van der Waals surface area contributed by atoms with Crippen LogP contribution in [0.1, 0.15) is 25.8 Å². The molecule has 4 aromatic rings. The molecule has 4 rings (SSSR count). The quantitative estimate of drug-likeness (QED) is 0.356. The maximum atomic E-state index is 12.6. The van der Waals surface area contributed by atoms with E-state index in [0.717, 1.165) is 4.88 Å². The van der Waals surface area contributed by atoms with Gasteiger partial charge in [-0.05, 0) is 67.6 Å². The van der Waals surface area contributed by atoms with Crippen molar-refractivity contribution in [2.75, 3.05) is 10.6 Å². The minimum atomic E-state index is -2.89. The van der Waals surface area contributed by atoms with Gasteiger partial charge in [-0.25, -0.2) is 4.98 Å². The maximum Gasteiger partial charge on any atom is 0.387 e. The summed E-state index contributed by atoms with van der Waals surface area (Å²) in [6.07, 6.45) is 1.41. The number of carbonyl (C=O) groups is 2. The van der Waals surface area contributed by atoms with Crippen LogP contribution in [0.4, 0.5) is 19.6 Å². The Morgan fingerprint density at radius 2 is 1.73 bits per heavy atom. The number of benzene rings is 2. The number of carbonyl (C=O) groups excluding carboxylic acids is 2. The van der Waals surface area contributed by atoms with Crippen molar-refractivity contribution in [1.29, 1.82) is 0 Å². The predicted molar refractivity (Wildman–Crippen MR) is 120 cm³/mol. The van der Waals surface area contributed by atoms with Crippen LogP contribution >= 0.6 is 11.3 Å². The van der Waals surface area contributed by atoms with Crippen LogP contribution in [0.2, 0.25) is 0 Å². The van der Waals surface area contributed by atoms with E-state index in [1.807, 2.05) is 6.92 Å². The van der Waals surface area contributed by atoms with E-state index in [1.54, 1.807) is 48.5 Å². The molecule has 168 valence electrons. The number of amides is 2. The zero-order chi connectivity index (χ0) is 23.4. The third-order valence-electron chi connectivity index (χ3n) is 4.52. The van der Waals surface area contributed by atoms with Crippen molar-refractivity contribution in [3.05, 3.63) is 83.1 Å². The lowest BCUT2D eigenvalue weighted by Crippen LogP contribution is -2.13. The minimum absolute atomic E-state index is 0.0546. The van der Waals surface area contributed by atoms with Crippen LogP contribution in [0, 0.1) is 6.92 Å². The molecule has 0 spiro atoms. The molecule has 0 aliphatic heterocycles. The lowest BCUT2D eigenvalue weighted by molar-refractivity contribution is -0.0498. The van der Waals surface area contributed by atoms with Crippen LogP contribution in [0.15, 0.2) is 71.3 Å². The van der Waals surface area contributed by atoms with Gasteiger partial charge >= 0.3 is 6.61 Å². The highest BCUT2D eigenvalue weighted by Crippen LogP contribution is 2.31. The topological polar surface area (TPSA) is 93.5 Å². The second-order valence-electron chi connectivity index (χ2n) is 6.79. The van der Waals surface area contributed by atoms with Gasteiger partial charge in [-0.3, -0.25) is 14.9 Å². The summed E-state index contributed by atoms with van der Waals surface area (Å²) in [4.78, 5) is 29.9. The van der Waals surface area contributed by atoms with E-state index in [9.17, 15) is 18.4 Å². The van der Waals surface area contributed by atoms with Crippen molar-refractivity contribution in [2.24, 2.45) is 0 Å². The maximum absolute atomic E-state index is 12.6. The van der Waals surface area contributed by atoms with E-state index in [0.29, 0.717) is 27.6 Å². The molecule has 2 aromatic heterocycles. The first-order valence-electron chi connectivity index (χ1n) is 9.68.